The second kappa shape index (κ2) is 83.4. The number of esters is 2. The average molecular weight is 1470 g/mol. The smallest absolute Gasteiger partial charge is 0.306 e. The number of hydrogen-bond donors (Lipinski definition) is 0. The highest BCUT2D eigenvalue weighted by atomic mass is 31.2. The molecule has 2 atom stereocenters. The molecule has 0 aliphatic heterocycles. The molecule has 0 heterocycles. The molecule has 0 saturated heterocycles. The predicted octanol–water partition coefficient (Wildman–Crippen LogP) is 29.4. The highest BCUT2D eigenvalue weighted by Gasteiger charge is 2.22. The Morgan fingerprint density at radius 1 is 0.308 bits per heavy atom. The van der Waals surface area contributed by atoms with E-state index in [0.29, 0.717) is 17.4 Å². The number of nitrogens with zero attached hydrogens (tertiary/aromatic N) is 1. The minimum atomic E-state index is -4.65. The van der Waals surface area contributed by atoms with Gasteiger partial charge in [-0.3, -0.25) is 14.2 Å². The van der Waals surface area contributed by atoms with Crippen molar-refractivity contribution < 1.29 is 42.1 Å². The third-order valence-corrected chi connectivity index (χ3v) is 20.4. The van der Waals surface area contributed by atoms with Crippen LogP contribution in [0.25, 0.3) is 0 Å². The van der Waals surface area contributed by atoms with E-state index < -0.39 is 26.5 Å². The Kier molecular flexibility index (Phi) is 80.6. The molecule has 0 bridgehead atoms. The van der Waals surface area contributed by atoms with E-state index in [9.17, 15) is 19.0 Å². The van der Waals surface area contributed by atoms with Crippen LogP contribution in [0.1, 0.15) is 412 Å². The first kappa shape index (κ1) is 100. The molecule has 9 nitrogen and oxygen atoms in total. The number of unbranched alkanes of at least 4 members (excludes halogenated alkanes) is 48. The van der Waals surface area contributed by atoms with E-state index in [4.69, 9.17) is 18.5 Å². The van der Waals surface area contributed by atoms with Gasteiger partial charge in [0.05, 0.1) is 27.7 Å². The third kappa shape index (κ3) is 87.3. The Hall–Kier alpha value is -3.59. The lowest BCUT2D eigenvalue weighted by molar-refractivity contribution is -0.870. The Balaban J connectivity index is 3.92. The van der Waals surface area contributed by atoms with E-state index in [1.165, 1.54) is 276 Å². The van der Waals surface area contributed by atoms with Crippen LogP contribution in [-0.4, -0.2) is 70.0 Å². The largest absolute Gasteiger partial charge is 0.756 e. The van der Waals surface area contributed by atoms with Crippen LogP contribution in [0.3, 0.4) is 0 Å². The van der Waals surface area contributed by atoms with Crippen LogP contribution >= 0.6 is 7.82 Å². The molecule has 10 heteroatoms. The first-order valence-electron chi connectivity index (χ1n) is 44.2. The fourth-order valence-corrected chi connectivity index (χ4v) is 13.5. The van der Waals surface area contributed by atoms with Gasteiger partial charge in [-0.2, -0.15) is 0 Å². The normalized spacial score (nSPS) is 13.6. The zero-order valence-corrected chi connectivity index (χ0v) is 69.8. The number of likely N-dealkylation sites (N-methyl/N-ethyl adjacent to an activating group) is 1. The van der Waals surface area contributed by atoms with E-state index in [1.54, 1.807) is 0 Å². The van der Waals surface area contributed by atoms with E-state index in [0.717, 1.165) is 103 Å². The third-order valence-electron chi connectivity index (χ3n) is 19.5. The van der Waals surface area contributed by atoms with Crippen molar-refractivity contribution in [2.24, 2.45) is 0 Å². The van der Waals surface area contributed by atoms with Crippen molar-refractivity contribution >= 4 is 19.8 Å². The number of phosphoric acid groups is 1. The highest BCUT2D eigenvalue weighted by Crippen LogP contribution is 2.38. The van der Waals surface area contributed by atoms with Gasteiger partial charge in [0.2, 0.25) is 0 Å². The molecule has 0 fully saturated rings. The molecular weight excluding hydrogens is 1300 g/mol. The summed E-state index contributed by atoms with van der Waals surface area (Å²) < 4.78 is 34.5. The van der Waals surface area contributed by atoms with Gasteiger partial charge in [0.25, 0.3) is 7.82 Å². The molecule has 0 aromatic heterocycles. The van der Waals surface area contributed by atoms with Gasteiger partial charge < -0.3 is 27.9 Å². The van der Waals surface area contributed by atoms with E-state index >= 15 is 0 Å². The molecule has 0 N–H and O–H groups in total. The van der Waals surface area contributed by atoms with Crippen molar-refractivity contribution in [3.63, 3.8) is 0 Å². The molecule has 2 unspecified atom stereocenters. The molecule has 0 aromatic rings. The molecule has 0 radical (unpaired) electrons. The van der Waals surface area contributed by atoms with Gasteiger partial charge in [0.15, 0.2) is 6.10 Å². The molecule has 0 aliphatic rings. The Morgan fingerprint density at radius 3 is 0.827 bits per heavy atom. The van der Waals surface area contributed by atoms with Crippen molar-refractivity contribution in [1.29, 1.82) is 0 Å². The molecule has 602 valence electrons. The van der Waals surface area contributed by atoms with Crippen molar-refractivity contribution in [2.45, 2.75) is 418 Å². The zero-order valence-electron chi connectivity index (χ0n) is 69.0. The summed E-state index contributed by atoms with van der Waals surface area (Å²) in [6.45, 7) is 4.17. The number of ether oxygens (including phenoxy) is 2. The van der Waals surface area contributed by atoms with Crippen LogP contribution in [0.2, 0.25) is 0 Å². The van der Waals surface area contributed by atoms with Crippen molar-refractivity contribution in [3.8, 4) is 0 Å². The lowest BCUT2D eigenvalue weighted by Gasteiger charge is -2.28. The van der Waals surface area contributed by atoms with E-state index in [1.807, 2.05) is 21.1 Å². The summed E-state index contributed by atoms with van der Waals surface area (Å²) in [4.78, 5) is 38.3. The summed E-state index contributed by atoms with van der Waals surface area (Å²) >= 11 is 0. The van der Waals surface area contributed by atoms with E-state index in [-0.39, 0.29) is 32.0 Å². The second-order valence-electron chi connectivity index (χ2n) is 30.9. The van der Waals surface area contributed by atoms with Gasteiger partial charge in [0.1, 0.15) is 19.8 Å². The first-order chi connectivity index (χ1) is 51.0. The van der Waals surface area contributed by atoms with Crippen LogP contribution in [0.4, 0.5) is 0 Å². The second-order valence-corrected chi connectivity index (χ2v) is 32.3. The monoisotopic (exact) mass is 1470 g/mol. The fourth-order valence-electron chi connectivity index (χ4n) is 12.8. The Morgan fingerprint density at radius 2 is 0.548 bits per heavy atom. The maximum absolute atomic E-state index is 12.9. The zero-order chi connectivity index (χ0) is 75.4. The van der Waals surface area contributed by atoms with Gasteiger partial charge in [-0.25, -0.2) is 0 Å². The molecule has 0 amide bonds. The van der Waals surface area contributed by atoms with E-state index in [2.05, 4.69) is 135 Å². The van der Waals surface area contributed by atoms with Crippen LogP contribution in [-0.2, 0) is 32.7 Å². The maximum Gasteiger partial charge on any atom is 0.306 e. The summed E-state index contributed by atoms with van der Waals surface area (Å²) in [6.07, 6.45) is 121. The Bertz CT molecular complexity index is 2180. The summed E-state index contributed by atoms with van der Waals surface area (Å²) in [5.41, 5.74) is 0. The van der Waals surface area contributed by atoms with Crippen LogP contribution in [0, 0.1) is 0 Å². The molecule has 0 rings (SSSR count). The number of phosphoric ester groups is 1. The van der Waals surface area contributed by atoms with Gasteiger partial charge in [-0.05, 0) is 109 Å². The molecule has 0 aromatic carbocycles. The van der Waals surface area contributed by atoms with Crippen molar-refractivity contribution in [1.82, 2.24) is 0 Å². The van der Waals surface area contributed by atoms with Gasteiger partial charge in [-0.15, -0.1) is 0 Å². The molecule has 0 saturated carbocycles. The number of carbonyl (C=O) groups excluding carboxylic acids is 2. The molecule has 104 heavy (non-hydrogen) atoms. The topological polar surface area (TPSA) is 111 Å². The molecule has 0 aliphatic carbocycles. The summed E-state index contributed by atoms with van der Waals surface area (Å²) in [5, 5.41) is 0. The lowest BCUT2D eigenvalue weighted by atomic mass is 10.0. The molecule has 0 spiro atoms. The van der Waals surface area contributed by atoms with Crippen LogP contribution < -0.4 is 4.89 Å². The summed E-state index contributed by atoms with van der Waals surface area (Å²) in [6, 6.07) is 0. The quantitative estimate of drug-likeness (QED) is 0.0195. The minimum absolute atomic E-state index is 0.0340. The van der Waals surface area contributed by atoms with Gasteiger partial charge in [-0.1, -0.05) is 411 Å². The van der Waals surface area contributed by atoms with Crippen molar-refractivity contribution in [2.75, 3.05) is 47.5 Å². The van der Waals surface area contributed by atoms with Crippen molar-refractivity contribution in [3.05, 3.63) is 122 Å². The first-order valence-corrected chi connectivity index (χ1v) is 45.7. The van der Waals surface area contributed by atoms with Crippen LogP contribution in [0.15, 0.2) is 122 Å². The fraction of sp³-hybridized carbons (Fsp3) is 0.766. The Labute approximate surface area is 645 Å². The average Bonchev–Trinajstić information content (AvgIpc) is 0.915. The predicted molar refractivity (Wildman–Crippen MR) is 452 cm³/mol. The SMILES string of the molecule is CC/C=C\C/C=C\C/C=C\C/C=C\C/C=C\C/C=C\C/C=C\C/C=C\C/C=C\CCCCCCCCCCCCCC(=O)OC(COC(=O)CCCCCCCCCCCCCCCCCCCCCCCCCCCCCCC/C=C\CCCCCCCCCC)COP(=O)([O-])OCC[N+](C)(C)C. The maximum atomic E-state index is 12.9. The number of quaternary nitrogens is 1. The highest BCUT2D eigenvalue weighted by molar-refractivity contribution is 7.45. The van der Waals surface area contributed by atoms with Crippen LogP contribution in [0.5, 0.6) is 0 Å². The lowest BCUT2D eigenvalue weighted by Crippen LogP contribution is -2.37. The summed E-state index contributed by atoms with van der Waals surface area (Å²) in [7, 11) is 1.17. The summed E-state index contributed by atoms with van der Waals surface area (Å²) in [5.74, 6) is -0.824. The standard InChI is InChI=1S/C94H168NO8P/c1-6-8-10-12-14-16-18-20-22-24-26-28-30-32-34-36-38-40-42-44-46-47-49-50-52-54-56-58-60-62-64-66-68-70-72-74-76-78-80-82-84-86-93(96)100-90-92(91-102-104(98,99)101-89-88-95(3,4)5)103-94(97)87-85-83-81-79-77-75-73-71-69-67-65-63-61-59-57-55-53-51-48-45-43-41-39-37-35-33-31-29-27-25-23-21-19-17-15-13-11-9-7-2/h9,11,15,17,21,23-24,26-27,29,33,35,39,41,45,48,53,55,59,61,92H,6-8,10,12-14,16,18-20,22,25,28,30-32,34,36-38,40,42-44,46-47,49-52,54,56-58,60,62-91H2,1-5H3/b11-9-,17-15-,23-21-,26-24-,29-27-,35-33-,41-39-,48-45-,55-53-,61-59-. The number of rotatable bonds is 82. The number of hydrogen-bond acceptors (Lipinski definition) is 8. The number of carbonyl (C=O) groups is 2. The minimum Gasteiger partial charge on any atom is -0.756 e. The van der Waals surface area contributed by atoms with Gasteiger partial charge >= 0.3 is 11.9 Å². The molecular formula is C94H168NO8P. The van der Waals surface area contributed by atoms with Gasteiger partial charge in [0, 0.05) is 12.8 Å². The number of allylic oxidation sites excluding steroid dienone is 20.